The number of nitrogens with zero attached hydrogens (tertiary/aromatic N) is 1. The average Bonchev–Trinajstić information content (AvgIpc) is 3.14. The van der Waals surface area contributed by atoms with E-state index >= 15 is 0 Å². The Morgan fingerprint density at radius 1 is 1.08 bits per heavy atom. The van der Waals surface area contributed by atoms with Crippen molar-refractivity contribution in [3.05, 3.63) is 65.7 Å². The van der Waals surface area contributed by atoms with Crippen molar-refractivity contribution in [3.8, 4) is 16.3 Å². The van der Waals surface area contributed by atoms with Gasteiger partial charge in [-0.3, -0.25) is 9.59 Å². The molecule has 6 nitrogen and oxygen atoms in total. The van der Waals surface area contributed by atoms with Gasteiger partial charge < -0.3 is 15.8 Å². The molecule has 0 spiro atoms. The largest absolute Gasteiger partial charge is 0.493 e. The van der Waals surface area contributed by atoms with Gasteiger partial charge in [-0.05, 0) is 24.3 Å². The second kappa shape index (κ2) is 8.26. The van der Waals surface area contributed by atoms with E-state index in [2.05, 4.69) is 10.3 Å². The lowest BCUT2D eigenvalue weighted by atomic mass is 10.2. The molecule has 0 atom stereocenters. The van der Waals surface area contributed by atoms with Crippen LogP contribution < -0.4 is 15.8 Å². The van der Waals surface area contributed by atoms with Gasteiger partial charge in [0.2, 0.25) is 5.91 Å². The van der Waals surface area contributed by atoms with Crippen LogP contribution in [0.4, 0.5) is 5.69 Å². The molecule has 0 aliphatic heterocycles. The fraction of sp³-hybridized carbons (Fsp3) is 0.105. The van der Waals surface area contributed by atoms with E-state index in [-0.39, 0.29) is 18.9 Å². The minimum atomic E-state index is -0.410. The molecule has 26 heavy (non-hydrogen) atoms. The summed E-state index contributed by atoms with van der Waals surface area (Å²) in [5.74, 6) is -0.0814. The summed E-state index contributed by atoms with van der Waals surface area (Å²) in [6.45, 7) is 0.224. The van der Waals surface area contributed by atoms with Crippen molar-refractivity contribution in [1.29, 1.82) is 0 Å². The molecule has 1 aromatic heterocycles. The van der Waals surface area contributed by atoms with E-state index in [1.54, 1.807) is 29.6 Å². The number of ether oxygens (including phenoxy) is 1. The number of hydrogen-bond donors (Lipinski definition) is 2. The molecule has 3 N–H and O–H groups in total. The highest BCUT2D eigenvalue weighted by Crippen LogP contribution is 2.24. The van der Waals surface area contributed by atoms with Crippen LogP contribution in [0.15, 0.2) is 60.0 Å². The lowest BCUT2D eigenvalue weighted by molar-refractivity contribution is -0.118. The minimum absolute atomic E-state index is 0.159. The average molecular weight is 367 g/mol. The molecule has 0 aliphatic carbocycles. The van der Waals surface area contributed by atoms with Gasteiger partial charge in [-0.1, -0.05) is 30.3 Å². The van der Waals surface area contributed by atoms with Crippen molar-refractivity contribution in [2.45, 2.75) is 6.42 Å². The summed E-state index contributed by atoms with van der Waals surface area (Å²) in [6, 6.07) is 16.6. The second-order valence-corrected chi connectivity index (χ2v) is 6.31. The smallest absolute Gasteiger partial charge is 0.275 e. The van der Waals surface area contributed by atoms with Crippen LogP contribution in [-0.2, 0) is 4.79 Å². The number of nitrogens with one attached hydrogen (secondary N) is 1. The molecule has 3 rings (SSSR count). The fourth-order valence-corrected chi connectivity index (χ4v) is 3.00. The number of hydrogen-bond acceptors (Lipinski definition) is 5. The molecule has 3 aromatic rings. The van der Waals surface area contributed by atoms with E-state index in [0.717, 1.165) is 10.6 Å². The summed E-state index contributed by atoms with van der Waals surface area (Å²) in [4.78, 5) is 27.4. The third-order valence-electron chi connectivity index (χ3n) is 3.49. The molecule has 0 saturated carbocycles. The van der Waals surface area contributed by atoms with Crippen LogP contribution in [0.25, 0.3) is 10.6 Å². The molecule has 0 radical (unpaired) electrons. The molecule has 0 fully saturated rings. The Balaban J connectivity index is 1.60. The Morgan fingerprint density at radius 2 is 1.81 bits per heavy atom. The Labute approximate surface area is 154 Å². The summed E-state index contributed by atoms with van der Waals surface area (Å²) in [6.07, 6.45) is 0.159. The molecule has 1 heterocycles. The van der Waals surface area contributed by atoms with Gasteiger partial charge >= 0.3 is 0 Å². The van der Waals surface area contributed by atoms with Crippen LogP contribution in [0, 0.1) is 0 Å². The molecular weight excluding hydrogens is 350 g/mol. The van der Waals surface area contributed by atoms with Gasteiger partial charge in [0.1, 0.15) is 16.5 Å². The van der Waals surface area contributed by atoms with Gasteiger partial charge in [-0.2, -0.15) is 0 Å². The van der Waals surface area contributed by atoms with Crippen LogP contribution in [0.2, 0.25) is 0 Å². The highest BCUT2D eigenvalue weighted by atomic mass is 32.1. The first-order chi connectivity index (χ1) is 12.6. The standard InChI is InChI=1S/C19H17N3O3S/c20-17(23)10-11-25-15-8-6-14(7-9-15)21-18(24)16-12-26-19(22-16)13-4-2-1-3-5-13/h1-9,12H,10-11H2,(H2,20,23)(H,21,24). The van der Waals surface area contributed by atoms with E-state index in [4.69, 9.17) is 10.5 Å². The van der Waals surface area contributed by atoms with Gasteiger partial charge in [-0.15, -0.1) is 11.3 Å². The van der Waals surface area contributed by atoms with E-state index < -0.39 is 5.91 Å². The first kappa shape index (κ1) is 17.6. The molecule has 0 unspecified atom stereocenters. The third-order valence-corrected chi connectivity index (χ3v) is 4.38. The summed E-state index contributed by atoms with van der Waals surface area (Å²) in [7, 11) is 0. The minimum Gasteiger partial charge on any atom is -0.493 e. The topological polar surface area (TPSA) is 94.3 Å². The van der Waals surface area contributed by atoms with Crippen molar-refractivity contribution in [2.24, 2.45) is 5.73 Å². The Hall–Kier alpha value is -3.19. The summed E-state index contributed by atoms with van der Waals surface area (Å²) in [5.41, 5.74) is 7.04. The summed E-state index contributed by atoms with van der Waals surface area (Å²) < 4.78 is 5.39. The van der Waals surface area contributed by atoms with E-state index in [9.17, 15) is 9.59 Å². The first-order valence-corrected chi connectivity index (χ1v) is 8.83. The molecule has 7 heteroatoms. The van der Waals surface area contributed by atoms with Gasteiger partial charge in [0.05, 0.1) is 13.0 Å². The first-order valence-electron chi connectivity index (χ1n) is 7.95. The fourth-order valence-electron chi connectivity index (χ4n) is 2.19. The SMILES string of the molecule is NC(=O)CCOc1ccc(NC(=O)c2csc(-c3ccccc3)n2)cc1. The van der Waals surface area contributed by atoms with E-state index in [0.29, 0.717) is 17.1 Å². The number of carbonyl (C=O) groups excluding carboxylic acids is 2. The molecule has 0 saturated heterocycles. The van der Waals surface area contributed by atoms with E-state index in [1.165, 1.54) is 11.3 Å². The Kier molecular flexibility index (Phi) is 5.60. The molecule has 2 amide bonds. The number of amides is 2. The Bertz CT molecular complexity index is 892. The maximum absolute atomic E-state index is 12.3. The number of nitrogens with two attached hydrogens (primary N) is 1. The zero-order valence-electron chi connectivity index (χ0n) is 13.8. The zero-order chi connectivity index (χ0) is 18.4. The lowest BCUT2D eigenvalue weighted by Crippen LogP contribution is -2.14. The van der Waals surface area contributed by atoms with Gasteiger partial charge in [0.15, 0.2) is 0 Å². The molecule has 0 bridgehead atoms. The monoisotopic (exact) mass is 367 g/mol. The number of rotatable bonds is 7. The van der Waals surface area contributed by atoms with Crippen molar-refractivity contribution < 1.29 is 14.3 Å². The zero-order valence-corrected chi connectivity index (χ0v) is 14.7. The van der Waals surface area contributed by atoms with Gasteiger partial charge in [0.25, 0.3) is 5.91 Å². The van der Waals surface area contributed by atoms with Crippen LogP contribution in [-0.4, -0.2) is 23.4 Å². The predicted octanol–water partition coefficient (Wildman–Crippen LogP) is 3.32. The van der Waals surface area contributed by atoms with Crippen LogP contribution in [0.1, 0.15) is 16.9 Å². The molecule has 2 aromatic carbocycles. The summed E-state index contributed by atoms with van der Waals surface area (Å²) >= 11 is 1.43. The number of thiazole rings is 1. The van der Waals surface area contributed by atoms with Crippen LogP contribution in [0.3, 0.4) is 0 Å². The van der Waals surface area contributed by atoms with Crippen molar-refractivity contribution in [2.75, 3.05) is 11.9 Å². The molecule has 132 valence electrons. The quantitative estimate of drug-likeness (QED) is 0.670. The number of anilines is 1. The lowest BCUT2D eigenvalue weighted by Gasteiger charge is -2.07. The predicted molar refractivity (Wildman–Crippen MR) is 101 cm³/mol. The molecular formula is C19H17N3O3S. The third kappa shape index (κ3) is 4.67. The number of carbonyl (C=O) groups is 2. The maximum atomic E-state index is 12.3. The summed E-state index contributed by atoms with van der Waals surface area (Å²) in [5, 5.41) is 5.34. The van der Waals surface area contributed by atoms with Crippen LogP contribution >= 0.6 is 11.3 Å². The van der Waals surface area contributed by atoms with Gasteiger partial charge in [0, 0.05) is 16.6 Å². The van der Waals surface area contributed by atoms with Crippen molar-refractivity contribution >= 4 is 28.8 Å². The van der Waals surface area contributed by atoms with Crippen LogP contribution in [0.5, 0.6) is 5.75 Å². The highest BCUT2D eigenvalue weighted by molar-refractivity contribution is 7.13. The van der Waals surface area contributed by atoms with E-state index in [1.807, 2.05) is 30.3 Å². The normalized spacial score (nSPS) is 10.3. The number of benzene rings is 2. The van der Waals surface area contributed by atoms with Crippen molar-refractivity contribution in [1.82, 2.24) is 4.98 Å². The number of aromatic nitrogens is 1. The maximum Gasteiger partial charge on any atom is 0.275 e. The molecule has 0 aliphatic rings. The second-order valence-electron chi connectivity index (χ2n) is 5.45. The van der Waals surface area contributed by atoms with Crippen molar-refractivity contribution in [3.63, 3.8) is 0 Å². The van der Waals surface area contributed by atoms with Gasteiger partial charge in [-0.25, -0.2) is 4.98 Å². The Morgan fingerprint density at radius 3 is 2.50 bits per heavy atom. The highest BCUT2D eigenvalue weighted by Gasteiger charge is 2.12. The number of primary amides is 1.